The highest BCUT2D eigenvalue weighted by molar-refractivity contribution is 8.00. The second-order valence-electron chi connectivity index (χ2n) is 5.17. The number of aliphatic hydroxyl groups excluding tert-OH is 1. The summed E-state index contributed by atoms with van der Waals surface area (Å²) in [5.74, 6) is 0.665. The molecule has 3 nitrogen and oxygen atoms in total. The van der Waals surface area contributed by atoms with Gasteiger partial charge in [0, 0.05) is 18.0 Å². The van der Waals surface area contributed by atoms with Gasteiger partial charge in [-0.05, 0) is 38.3 Å². The van der Waals surface area contributed by atoms with Gasteiger partial charge in [-0.3, -0.25) is 4.79 Å². The van der Waals surface area contributed by atoms with Crippen LogP contribution in [0.4, 0.5) is 0 Å². The highest BCUT2D eigenvalue weighted by Crippen LogP contribution is 2.24. The lowest BCUT2D eigenvalue weighted by Gasteiger charge is -2.29. The maximum atomic E-state index is 12.1. The Morgan fingerprint density at radius 1 is 1.37 bits per heavy atom. The van der Waals surface area contributed by atoms with E-state index < -0.39 is 0 Å². The molecule has 0 unspecified atom stereocenters. The molecular formula is C15H21NO2S. The molecule has 104 valence electrons. The summed E-state index contributed by atoms with van der Waals surface area (Å²) in [6, 6.07) is 6.32. The molecule has 0 radical (unpaired) electrons. The van der Waals surface area contributed by atoms with Crippen LogP contribution in [-0.4, -0.2) is 40.9 Å². The fourth-order valence-corrected chi connectivity index (χ4v) is 3.24. The third-order valence-electron chi connectivity index (χ3n) is 3.51. The van der Waals surface area contributed by atoms with Gasteiger partial charge in [0.05, 0.1) is 11.9 Å². The number of likely N-dealkylation sites (tertiary alicyclic amines) is 1. The fourth-order valence-electron chi connectivity index (χ4n) is 2.21. The molecule has 1 fully saturated rings. The van der Waals surface area contributed by atoms with Crippen molar-refractivity contribution in [2.45, 2.75) is 37.7 Å². The predicted molar refractivity (Wildman–Crippen MR) is 78.5 cm³/mol. The predicted octanol–water partition coefficient (Wildman–Crippen LogP) is 2.38. The Bertz CT molecular complexity index is 453. The van der Waals surface area contributed by atoms with Crippen LogP contribution in [0, 0.1) is 13.8 Å². The second-order valence-corrected chi connectivity index (χ2v) is 6.19. The van der Waals surface area contributed by atoms with E-state index in [0.717, 1.165) is 0 Å². The van der Waals surface area contributed by atoms with Crippen LogP contribution < -0.4 is 0 Å². The Labute approximate surface area is 119 Å². The first kappa shape index (κ1) is 14.4. The summed E-state index contributed by atoms with van der Waals surface area (Å²) in [6.45, 7) is 5.52. The van der Waals surface area contributed by atoms with Gasteiger partial charge in [0.2, 0.25) is 5.91 Å². The van der Waals surface area contributed by atoms with E-state index in [2.05, 4.69) is 32.0 Å². The maximum absolute atomic E-state index is 12.1. The van der Waals surface area contributed by atoms with Gasteiger partial charge < -0.3 is 10.0 Å². The van der Waals surface area contributed by atoms with Crippen molar-refractivity contribution >= 4 is 17.7 Å². The van der Waals surface area contributed by atoms with Gasteiger partial charge in [-0.1, -0.05) is 17.7 Å². The average Bonchev–Trinajstić information content (AvgIpc) is 2.40. The molecule has 0 saturated carbocycles. The molecular weight excluding hydrogens is 258 g/mol. The van der Waals surface area contributed by atoms with Crippen molar-refractivity contribution < 1.29 is 9.90 Å². The highest BCUT2D eigenvalue weighted by Gasteiger charge is 2.21. The van der Waals surface area contributed by atoms with Crippen LogP contribution in [-0.2, 0) is 4.79 Å². The molecule has 0 atom stereocenters. The van der Waals surface area contributed by atoms with Crippen LogP contribution in [0.1, 0.15) is 24.0 Å². The molecule has 1 aromatic rings. The fraction of sp³-hybridized carbons (Fsp3) is 0.533. The Balaban J connectivity index is 1.88. The van der Waals surface area contributed by atoms with Gasteiger partial charge in [-0.2, -0.15) is 0 Å². The lowest BCUT2D eigenvalue weighted by Crippen LogP contribution is -2.40. The summed E-state index contributed by atoms with van der Waals surface area (Å²) in [7, 11) is 0. The number of nitrogens with zero attached hydrogens (tertiary/aromatic N) is 1. The first-order chi connectivity index (χ1) is 9.06. The Hall–Kier alpha value is -1.00. The van der Waals surface area contributed by atoms with Crippen molar-refractivity contribution in [2.24, 2.45) is 0 Å². The lowest BCUT2D eigenvalue weighted by molar-refractivity contribution is -0.130. The van der Waals surface area contributed by atoms with Crippen molar-refractivity contribution in [1.29, 1.82) is 0 Å². The summed E-state index contributed by atoms with van der Waals surface area (Å²) < 4.78 is 0. The van der Waals surface area contributed by atoms with Gasteiger partial charge in [-0.15, -0.1) is 11.8 Å². The SMILES string of the molecule is Cc1ccc(C)c(SCC(=O)N2CCC(O)CC2)c1. The Kier molecular flexibility index (Phi) is 4.88. The van der Waals surface area contributed by atoms with E-state index in [-0.39, 0.29) is 12.0 Å². The zero-order valence-electron chi connectivity index (χ0n) is 11.6. The lowest BCUT2D eigenvalue weighted by atomic mass is 10.1. The molecule has 19 heavy (non-hydrogen) atoms. The van der Waals surface area contributed by atoms with Crippen LogP contribution in [0.3, 0.4) is 0 Å². The molecule has 0 spiro atoms. The molecule has 1 N–H and O–H groups in total. The molecule has 1 heterocycles. The largest absolute Gasteiger partial charge is 0.393 e. The second kappa shape index (κ2) is 6.44. The Morgan fingerprint density at radius 3 is 2.74 bits per heavy atom. The number of rotatable bonds is 3. The molecule has 1 aliphatic heterocycles. The van der Waals surface area contributed by atoms with E-state index in [4.69, 9.17) is 0 Å². The van der Waals surface area contributed by atoms with Gasteiger partial charge >= 0.3 is 0 Å². The van der Waals surface area contributed by atoms with Gasteiger partial charge in [0.15, 0.2) is 0 Å². The van der Waals surface area contributed by atoms with Gasteiger partial charge in [-0.25, -0.2) is 0 Å². The van der Waals surface area contributed by atoms with E-state index in [1.165, 1.54) is 16.0 Å². The monoisotopic (exact) mass is 279 g/mol. The smallest absolute Gasteiger partial charge is 0.232 e. The molecule has 2 rings (SSSR count). The van der Waals surface area contributed by atoms with Crippen molar-refractivity contribution in [1.82, 2.24) is 4.90 Å². The number of aryl methyl sites for hydroxylation is 2. The van der Waals surface area contributed by atoms with Gasteiger partial charge in [0.1, 0.15) is 0 Å². The first-order valence-corrected chi connectivity index (χ1v) is 7.70. The number of piperidine rings is 1. The third kappa shape index (κ3) is 3.98. The molecule has 4 heteroatoms. The van der Waals surface area contributed by atoms with E-state index in [0.29, 0.717) is 31.7 Å². The minimum Gasteiger partial charge on any atom is -0.393 e. The number of hydrogen-bond acceptors (Lipinski definition) is 3. The number of carbonyl (C=O) groups is 1. The molecule has 1 aliphatic rings. The quantitative estimate of drug-likeness (QED) is 0.864. The average molecular weight is 279 g/mol. The van der Waals surface area contributed by atoms with Crippen molar-refractivity contribution in [3.8, 4) is 0 Å². The molecule has 0 aliphatic carbocycles. The first-order valence-electron chi connectivity index (χ1n) is 6.72. The number of amides is 1. The standard InChI is InChI=1S/C15H21NO2S/c1-11-3-4-12(2)14(9-11)19-10-15(18)16-7-5-13(17)6-8-16/h3-4,9,13,17H,5-8,10H2,1-2H3. The zero-order valence-corrected chi connectivity index (χ0v) is 12.4. The van der Waals surface area contributed by atoms with Gasteiger partial charge in [0.25, 0.3) is 0 Å². The minimum atomic E-state index is -0.226. The molecule has 0 aromatic heterocycles. The maximum Gasteiger partial charge on any atom is 0.232 e. The summed E-state index contributed by atoms with van der Waals surface area (Å²) >= 11 is 1.61. The molecule has 1 amide bonds. The number of aliphatic hydroxyl groups is 1. The molecule has 1 aromatic carbocycles. The number of carbonyl (C=O) groups excluding carboxylic acids is 1. The summed E-state index contributed by atoms with van der Waals surface area (Å²) in [5.41, 5.74) is 2.44. The summed E-state index contributed by atoms with van der Waals surface area (Å²) in [5, 5.41) is 9.44. The Morgan fingerprint density at radius 2 is 2.05 bits per heavy atom. The number of hydrogen-bond donors (Lipinski definition) is 1. The van der Waals surface area contributed by atoms with Crippen LogP contribution in [0.15, 0.2) is 23.1 Å². The normalized spacial score (nSPS) is 16.7. The van der Waals surface area contributed by atoms with E-state index >= 15 is 0 Å². The summed E-state index contributed by atoms with van der Waals surface area (Å²) in [4.78, 5) is 15.1. The van der Waals surface area contributed by atoms with Crippen molar-refractivity contribution in [3.05, 3.63) is 29.3 Å². The van der Waals surface area contributed by atoms with E-state index in [1.807, 2.05) is 4.90 Å². The number of benzene rings is 1. The van der Waals surface area contributed by atoms with Crippen molar-refractivity contribution in [2.75, 3.05) is 18.8 Å². The van der Waals surface area contributed by atoms with Crippen molar-refractivity contribution in [3.63, 3.8) is 0 Å². The zero-order chi connectivity index (χ0) is 13.8. The molecule has 1 saturated heterocycles. The van der Waals surface area contributed by atoms with E-state index in [1.54, 1.807) is 11.8 Å². The minimum absolute atomic E-state index is 0.179. The topological polar surface area (TPSA) is 40.5 Å². The van der Waals surface area contributed by atoms with Crippen LogP contribution in [0.2, 0.25) is 0 Å². The highest BCUT2D eigenvalue weighted by atomic mass is 32.2. The third-order valence-corrected chi connectivity index (χ3v) is 4.65. The van der Waals surface area contributed by atoms with E-state index in [9.17, 15) is 9.90 Å². The number of thioether (sulfide) groups is 1. The van der Waals surface area contributed by atoms with Crippen LogP contribution in [0.5, 0.6) is 0 Å². The van der Waals surface area contributed by atoms with Crippen LogP contribution >= 0.6 is 11.8 Å². The summed E-state index contributed by atoms with van der Waals surface area (Å²) in [6.07, 6.45) is 1.19. The molecule has 0 bridgehead atoms. The van der Waals surface area contributed by atoms with Crippen LogP contribution in [0.25, 0.3) is 0 Å².